The van der Waals surface area contributed by atoms with Gasteiger partial charge in [0.1, 0.15) is 0 Å². The molecule has 0 spiro atoms. The molecule has 0 aromatic heterocycles. The molecule has 0 atom stereocenters. The van der Waals surface area contributed by atoms with E-state index < -0.39 is 0 Å². The van der Waals surface area contributed by atoms with Crippen molar-refractivity contribution in [1.82, 2.24) is 0 Å². The molecule has 1 aromatic carbocycles. The Morgan fingerprint density at radius 2 is 1.84 bits per heavy atom. The lowest BCUT2D eigenvalue weighted by atomic mass is 10.1. The highest BCUT2D eigenvalue weighted by Crippen LogP contribution is 2.07. The van der Waals surface area contributed by atoms with E-state index in [4.69, 9.17) is 9.84 Å². The van der Waals surface area contributed by atoms with Crippen molar-refractivity contribution in [1.29, 1.82) is 0 Å². The minimum Gasteiger partial charge on any atom is -0.392 e. The van der Waals surface area contributed by atoms with E-state index in [9.17, 15) is 0 Å². The molecule has 0 heterocycles. The number of benzene rings is 1. The number of allylic oxidation sites excluding steroid dienone is 2. The molecule has 0 bridgehead atoms. The summed E-state index contributed by atoms with van der Waals surface area (Å²) in [5.41, 5.74) is 3.57. The monoisotopic (exact) mass is 260 g/mol. The Balaban J connectivity index is 2.18. The van der Waals surface area contributed by atoms with Crippen LogP contribution in [0.5, 0.6) is 0 Å². The predicted molar refractivity (Wildman–Crippen MR) is 79.9 cm³/mol. The standard InChI is InChI=1S/C17H24O2/c1-15(7-6-8-16(2)13-18)11-12-19-14-17-9-4-3-5-10-17/h3-5,8-11,18H,6-7,12-14H2,1-2H3. The molecule has 0 saturated carbocycles. The smallest absolute Gasteiger partial charge is 0.0721 e. The van der Waals surface area contributed by atoms with Crippen molar-refractivity contribution >= 4 is 0 Å². The predicted octanol–water partition coefficient (Wildman–Crippen LogP) is 3.87. The third-order valence-corrected chi connectivity index (χ3v) is 2.94. The number of rotatable bonds is 8. The second-order valence-electron chi connectivity index (χ2n) is 4.80. The van der Waals surface area contributed by atoms with Crippen molar-refractivity contribution in [2.75, 3.05) is 13.2 Å². The van der Waals surface area contributed by atoms with Crippen LogP contribution in [0.4, 0.5) is 0 Å². The first-order valence-corrected chi connectivity index (χ1v) is 6.76. The molecule has 0 unspecified atom stereocenters. The van der Waals surface area contributed by atoms with Gasteiger partial charge in [0.2, 0.25) is 0 Å². The second kappa shape index (κ2) is 9.54. The molecule has 1 rings (SSSR count). The molecule has 1 aromatic rings. The lowest BCUT2D eigenvalue weighted by molar-refractivity contribution is 0.148. The van der Waals surface area contributed by atoms with Gasteiger partial charge in [-0.05, 0) is 32.3 Å². The first kappa shape index (κ1) is 15.7. The SMILES string of the molecule is CC(=CCCC(C)=CCOCc1ccccc1)CO. The van der Waals surface area contributed by atoms with Gasteiger partial charge in [-0.15, -0.1) is 0 Å². The van der Waals surface area contributed by atoms with E-state index in [2.05, 4.69) is 31.2 Å². The van der Waals surface area contributed by atoms with Crippen molar-refractivity contribution in [3.05, 3.63) is 59.2 Å². The van der Waals surface area contributed by atoms with Crippen molar-refractivity contribution in [3.8, 4) is 0 Å². The average molecular weight is 260 g/mol. The van der Waals surface area contributed by atoms with Gasteiger partial charge in [-0.1, -0.05) is 53.6 Å². The van der Waals surface area contributed by atoms with E-state index in [1.165, 1.54) is 11.1 Å². The average Bonchev–Trinajstić information content (AvgIpc) is 2.44. The van der Waals surface area contributed by atoms with E-state index >= 15 is 0 Å². The molecule has 0 aliphatic carbocycles. The molecule has 0 aliphatic heterocycles. The number of hydrogen-bond donors (Lipinski definition) is 1. The molecule has 0 aliphatic rings. The minimum absolute atomic E-state index is 0.156. The summed E-state index contributed by atoms with van der Waals surface area (Å²) in [6.45, 7) is 5.54. The molecule has 2 nitrogen and oxygen atoms in total. The van der Waals surface area contributed by atoms with Gasteiger partial charge < -0.3 is 9.84 Å². The summed E-state index contributed by atoms with van der Waals surface area (Å²) >= 11 is 0. The Morgan fingerprint density at radius 3 is 2.53 bits per heavy atom. The van der Waals surface area contributed by atoms with Crippen LogP contribution in [-0.4, -0.2) is 18.3 Å². The molecular formula is C17H24O2. The summed E-state index contributed by atoms with van der Waals surface area (Å²) in [6.07, 6.45) is 6.21. The minimum atomic E-state index is 0.156. The Morgan fingerprint density at radius 1 is 1.11 bits per heavy atom. The lowest BCUT2D eigenvalue weighted by Gasteiger charge is -2.03. The van der Waals surface area contributed by atoms with Gasteiger partial charge >= 0.3 is 0 Å². The second-order valence-corrected chi connectivity index (χ2v) is 4.80. The third-order valence-electron chi connectivity index (χ3n) is 2.94. The van der Waals surface area contributed by atoms with Crippen LogP contribution in [0.15, 0.2) is 53.6 Å². The lowest BCUT2D eigenvalue weighted by Crippen LogP contribution is -1.93. The maximum atomic E-state index is 8.88. The van der Waals surface area contributed by atoms with Crippen molar-refractivity contribution in [2.24, 2.45) is 0 Å². The van der Waals surface area contributed by atoms with Crippen LogP contribution in [0.2, 0.25) is 0 Å². The largest absolute Gasteiger partial charge is 0.392 e. The number of hydrogen-bond acceptors (Lipinski definition) is 2. The summed E-state index contributed by atoms with van der Waals surface area (Å²) in [5.74, 6) is 0. The van der Waals surface area contributed by atoms with E-state index in [-0.39, 0.29) is 6.61 Å². The van der Waals surface area contributed by atoms with Crippen LogP contribution in [0.3, 0.4) is 0 Å². The summed E-state index contributed by atoms with van der Waals surface area (Å²) in [6, 6.07) is 10.2. The fraction of sp³-hybridized carbons (Fsp3) is 0.412. The molecule has 0 amide bonds. The van der Waals surface area contributed by atoms with Crippen molar-refractivity contribution in [2.45, 2.75) is 33.3 Å². The third kappa shape index (κ3) is 7.60. The molecule has 19 heavy (non-hydrogen) atoms. The zero-order valence-electron chi connectivity index (χ0n) is 11.9. The summed E-state index contributed by atoms with van der Waals surface area (Å²) in [5, 5.41) is 8.88. The molecular weight excluding hydrogens is 236 g/mol. The molecule has 0 fully saturated rings. The zero-order chi connectivity index (χ0) is 13.9. The van der Waals surface area contributed by atoms with Crippen LogP contribution >= 0.6 is 0 Å². The Kier molecular flexibility index (Phi) is 7.87. The van der Waals surface area contributed by atoms with Gasteiger partial charge in [0.25, 0.3) is 0 Å². The fourth-order valence-electron chi connectivity index (χ4n) is 1.67. The fourth-order valence-corrected chi connectivity index (χ4v) is 1.67. The van der Waals surface area contributed by atoms with E-state index in [0.29, 0.717) is 13.2 Å². The quantitative estimate of drug-likeness (QED) is 0.568. The first-order valence-electron chi connectivity index (χ1n) is 6.76. The number of ether oxygens (including phenoxy) is 1. The topological polar surface area (TPSA) is 29.5 Å². The van der Waals surface area contributed by atoms with Gasteiger partial charge in [0.05, 0.1) is 19.8 Å². The Hall–Kier alpha value is -1.38. The van der Waals surface area contributed by atoms with Crippen LogP contribution in [0, 0.1) is 0 Å². The van der Waals surface area contributed by atoms with Gasteiger partial charge in [0, 0.05) is 0 Å². The summed E-state index contributed by atoms with van der Waals surface area (Å²) in [4.78, 5) is 0. The first-order chi connectivity index (χ1) is 9.22. The van der Waals surface area contributed by atoms with E-state index in [1.807, 2.05) is 25.1 Å². The van der Waals surface area contributed by atoms with Gasteiger partial charge in [-0.3, -0.25) is 0 Å². The highest BCUT2D eigenvalue weighted by Gasteiger charge is 1.92. The van der Waals surface area contributed by atoms with Crippen LogP contribution in [0.25, 0.3) is 0 Å². The van der Waals surface area contributed by atoms with Crippen LogP contribution in [0.1, 0.15) is 32.3 Å². The highest BCUT2D eigenvalue weighted by atomic mass is 16.5. The van der Waals surface area contributed by atoms with Crippen molar-refractivity contribution < 1.29 is 9.84 Å². The van der Waals surface area contributed by atoms with E-state index in [0.717, 1.165) is 18.4 Å². The van der Waals surface area contributed by atoms with Crippen molar-refractivity contribution in [3.63, 3.8) is 0 Å². The highest BCUT2D eigenvalue weighted by molar-refractivity contribution is 5.13. The normalized spacial score (nSPS) is 12.8. The molecule has 0 saturated heterocycles. The Labute approximate surface area is 116 Å². The van der Waals surface area contributed by atoms with Gasteiger partial charge in [-0.2, -0.15) is 0 Å². The number of aliphatic hydroxyl groups excluding tert-OH is 1. The maximum absolute atomic E-state index is 8.88. The molecule has 0 radical (unpaired) electrons. The zero-order valence-corrected chi connectivity index (χ0v) is 11.9. The maximum Gasteiger partial charge on any atom is 0.0721 e. The summed E-state index contributed by atoms with van der Waals surface area (Å²) in [7, 11) is 0. The molecule has 1 N–H and O–H groups in total. The van der Waals surface area contributed by atoms with Crippen LogP contribution in [-0.2, 0) is 11.3 Å². The molecule has 104 valence electrons. The van der Waals surface area contributed by atoms with E-state index in [1.54, 1.807) is 0 Å². The molecule has 2 heteroatoms. The summed E-state index contributed by atoms with van der Waals surface area (Å²) < 4.78 is 5.61. The van der Waals surface area contributed by atoms with Gasteiger partial charge in [-0.25, -0.2) is 0 Å². The van der Waals surface area contributed by atoms with Crippen LogP contribution < -0.4 is 0 Å². The number of aliphatic hydroxyl groups is 1. The Bertz CT molecular complexity index is 405. The van der Waals surface area contributed by atoms with Gasteiger partial charge in [0.15, 0.2) is 0 Å².